The zero-order valence-electron chi connectivity index (χ0n) is 11.8. The molecular formula is C15H20N2O3. The van der Waals surface area contributed by atoms with Gasteiger partial charge in [-0.15, -0.1) is 0 Å². The molecule has 2 N–H and O–H groups in total. The Labute approximate surface area is 118 Å². The highest BCUT2D eigenvalue weighted by Crippen LogP contribution is 2.26. The second kappa shape index (κ2) is 6.05. The van der Waals surface area contributed by atoms with Gasteiger partial charge in [-0.1, -0.05) is 24.3 Å². The third-order valence-corrected chi connectivity index (χ3v) is 3.60. The summed E-state index contributed by atoms with van der Waals surface area (Å²) in [4.78, 5) is 25.0. The van der Waals surface area contributed by atoms with Crippen molar-refractivity contribution in [3.05, 3.63) is 35.4 Å². The lowest BCUT2D eigenvalue weighted by Crippen LogP contribution is -2.46. The number of fused-ring (bicyclic) bond motifs is 1. The Morgan fingerprint density at radius 2 is 2.10 bits per heavy atom. The van der Waals surface area contributed by atoms with E-state index in [0.29, 0.717) is 6.54 Å². The van der Waals surface area contributed by atoms with Crippen molar-refractivity contribution in [3.8, 4) is 0 Å². The first-order valence-electron chi connectivity index (χ1n) is 6.81. The quantitative estimate of drug-likeness (QED) is 0.867. The maximum atomic E-state index is 12.7. The molecule has 1 atom stereocenters. The highest BCUT2D eigenvalue weighted by atomic mass is 16.4. The minimum absolute atomic E-state index is 0.123. The number of carbonyl (C=O) groups excluding carboxylic acids is 1. The van der Waals surface area contributed by atoms with Crippen molar-refractivity contribution in [3.63, 3.8) is 0 Å². The Hall–Kier alpha value is -1.88. The first-order chi connectivity index (χ1) is 9.50. The van der Waals surface area contributed by atoms with E-state index < -0.39 is 5.97 Å². The van der Waals surface area contributed by atoms with Crippen molar-refractivity contribution in [2.75, 3.05) is 13.1 Å². The molecule has 0 spiro atoms. The van der Waals surface area contributed by atoms with Crippen LogP contribution in [0.3, 0.4) is 0 Å². The molecule has 2 rings (SSSR count). The molecule has 0 aliphatic carbocycles. The fourth-order valence-corrected chi connectivity index (χ4v) is 2.58. The Morgan fingerprint density at radius 1 is 1.40 bits per heavy atom. The Kier molecular flexibility index (Phi) is 4.39. The lowest BCUT2D eigenvalue weighted by atomic mass is 9.89. The van der Waals surface area contributed by atoms with Crippen LogP contribution in [0, 0.1) is 0 Å². The van der Waals surface area contributed by atoms with Crippen molar-refractivity contribution in [1.82, 2.24) is 10.2 Å². The van der Waals surface area contributed by atoms with Crippen molar-refractivity contribution in [1.29, 1.82) is 0 Å². The van der Waals surface area contributed by atoms with Gasteiger partial charge in [0.15, 0.2) is 0 Å². The summed E-state index contributed by atoms with van der Waals surface area (Å²) in [6.07, 6.45) is 0. The van der Waals surface area contributed by atoms with Gasteiger partial charge in [0, 0.05) is 19.1 Å². The number of benzene rings is 1. The van der Waals surface area contributed by atoms with Crippen LogP contribution < -0.4 is 5.32 Å². The average Bonchev–Trinajstić information content (AvgIpc) is 2.43. The van der Waals surface area contributed by atoms with Crippen LogP contribution in [0.4, 0.5) is 0 Å². The zero-order chi connectivity index (χ0) is 14.7. The summed E-state index contributed by atoms with van der Waals surface area (Å²) in [6, 6.07) is 7.69. The molecule has 20 heavy (non-hydrogen) atoms. The lowest BCUT2D eigenvalue weighted by Gasteiger charge is -2.32. The van der Waals surface area contributed by atoms with E-state index in [4.69, 9.17) is 5.11 Å². The lowest BCUT2D eigenvalue weighted by molar-refractivity contribution is -0.146. The number of carbonyl (C=O) groups is 2. The van der Waals surface area contributed by atoms with Gasteiger partial charge in [-0.2, -0.15) is 0 Å². The molecule has 0 saturated carbocycles. The van der Waals surface area contributed by atoms with Crippen molar-refractivity contribution < 1.29 is 14.7 Å². The second-order valence-electron chi connectivity index (χ2n) is 5.34. The molecule has 1 unspecified atom stereocenters. The Bertz CT molecular complexity index is 514. The summed E-state index contributed by atoms with van der Waals surface area (Å²) in [6.45, 7) is 4.72. The van der Waals surface area contributed by atoms with Crippen molar-refractivity contribution in [2.45, 2.75) is 32.4 Å². The standard InChI is InChI=1S/C15H20N2O3/c1-10(2)17(9-14(18)19)15(20)13-8-16-7-11-5-3-4-6-12(11)13/h3-6,10,13,16H,7-9H2,1-2H3,(H,18,19). The molecular weight excluding hydrogens is 256 g/mol. The van der Waals surface area contributed by atoms with Crippen LogP contribution in [0.25, 0.3) is 0 Å². The van der Waals surface area contributed by atoms with Gasteiger partial charge < -0.3 is 15.3 Å². The van der Waals surface area contributed by atoms with Crippen molar-refractivity contribution >= 4 is 11.9 Å². The predicted molar refractivity (Wildman–Crippen MR) is 75.4 cm³/mol. The SMILES string of the molecule is CC(C)N(CC(=O)O)C(=O)C1CNCc2ccccc21. The molecule has 0 radical (unpaired) electrons. The second-order valence-corrected chi connectivity index (χ2v) is 5.34. The normalized spacial score (nSPS) is 17.6. The zero-order valence-corrected chi connectivity index (χ0v) is 11.8. The van der Waals surface area contributed by atoms with Crippen molar-refractivity contribution in [2.24, 2.45) is 0 Å². The van der Waals surface area contributed by atoms with E-state index in [2.05, 4.69) is 5.32 Å². The maximum Gasteiger partial charge on any atom is 0.323 e. The number of carboxylic acids is 1. The van der Waals surface area contributed by atoms with Gasteiger partial charge in [-0.25, -0.2) is 0 Å². The van der Waals surface area contributed by atoms with Crippen LogP contribution in [-0.4, -0.2) is 41.0 Å². The van der Waals surface area contributed by atoms with Gasteiger partial charge in [0.2, 0.25) is 5.91 Å². The van der Waals surface area contributed by atoms with Crippen LogP contribution in [0.5, 0.6) is 0 Å². The van der Waals surface area contributed by atoms with E-state index in [1.807, 2.05) is 38.1 Å². The largest absolute Gasteiger partial charge is 0.480 e. The van der Waals surface area contributed by atoms with Crippen LogP contribution >= 0.6 is 0 Å². The molecule has 5 nitrogen and oxygen atoms in total. The number of nitrogens with one attached hydrogen (secondary N) is 1. The van der Waals surface area contributed by atoms with Gasteiger partial charge >= 0.3 is 5.97 Å². The monoisotopic (exact) mass is 276 g/mol. The molecule has 0 fully saturated rings. The van der Waals surface area contributed by atoms with Crippen LogP contribution in [0.2, 0.25) is 0 Å². The molecule has 108 valence electrons. The summed E-state index contributed by atoms with van der Waals surface area (Å²) >= 11 is 0. The molecule has 1 aliphatic heterocycles. The Balaban J connectivity index is 2.26. The minimum atomic E-state index is -0.982. The van der Waals surface area contributed by atoms with E-state index in [1.54, 1.807) is 0 Å². The van der Waals surface area contributed by atoms with E-state index >= 15 is 0 Å². The molecule has 1 heterocycles. The molecule has 1 aromatic carbocycles. The van der Waals surface area contributed by atoms with E-state index in [9.17, 15) is 9.59 Å². The van der Waals surface area contributed by atoms with Gasteiger partial charge in [0.25, 0.3) is 0 Å². The Morgan fingerprint density at radius 3 is 2.75 bits per heavy atom. The van der Waals surface area contributed by atoms with E-state index in [1.165, 1.54) is 4.90 Å². The topological polar surface area (TPSA) is 69.6 Å². The van der Waals surface area contributed by atoms with Gasteiger partial charge in [0.05, 0.1) is 5.92 Å². The third-order valence-electron chi connectivity index (χ3n) is 3.60. The summed E-state index contributed by atoms with van der Waals surface area (Å²) in [5, 5.41) is 12.2. The van der Waals surface area contributed by atoms with E-state index in [-0.39, 0.29) is 24.4 Å². The third kappa shape index (κ3) is 2.99. The molecule has 1 amide bonds. The first kappa shape index (κ1) is 14.5. The van der Waals surface area contributed by atoms with E-state index in [0.717, 1.165) is 17.7 Å². The molecule has 0 saturated heterocycles. The number of aliphatic carboxylic acids is 1. The minimum Gasteiger partial charge on any atom is -0.480 e. The fraction of sp³-hybridized carbons (Fsp3) is 0.467. The summed E-state index contributed by atoms with van der Waals surface area (Å²) in [7, 11) is 0. The average molecular weight is 276 g/mol. The molecule has 1 aromatic rings. The predicted octanol–water partition coefficient (Wildman–Crippen LogP) is 1.19. The highest BCUT2D eigenvalue weighted by Gasteiger charge is 2.31. The molecule has 1 aliphatic rings. The summed E-state index contributed by atoms with van der Waals surface area (Å²) in [5.74, 6) is -1.41. The number of carboxylic acid groups (broad SMARTS) is 1. The van der Waals surface area contributed by atoms with Crippen LogP contribution in [0.15, 0.2) is 24.3 Å². The number of hydrogen-bond donors (Lipinski definition) is 2. The summed E-state index contributed by atoms with van der Waals surface area (Å²) in [5.41, 5.74) is 2.11. The number of nitrogens with zero attached hydrogens (tertiary/aromatic N) is 1. The molecule has 0 aromatic heterocycles. The fourth-order valence-electron chi connectivity index (χ4n) is 2.58. The maximum absolute atomic E-state index is 12.7. The first-order valence-corrected chi connectivity index (χ1v) is 6.81. The smallest absolute Gasteiger partial charge is 0.323 e. The highest BCUT2D eigenvalue weighted by molar-refractivity contribution is 5.87. The number of amides is 1. The molecule has 0 bridgehead atoms. The number of rotatable bonds is 4. The van der Waals surface area contributed by atoms with Crippen LogP contribution in [-0.2, 0) is 16.1 Å². The van der Waals surface area contributed by atoms with Gasteiger partial charge in [0.1, 0.15) is 6.54 Å². The number of hydrogen-bond acceptors (Lipinski definition) is 3. The van der Waals surface area contributed by atoms with Gasteiger partial charge in [-0.3, -0.25) is 9.59 Å². The van der Waals surface area contributed by atoms with Gasteiger partial charge in [-0.05, 0) is 25.0 Å². The van der Waals surface area contributed by atoms with Crippen LogP contribution in [0.1, 0.15) is 30.9 Å². The summed E-state index contributed by atoms with van der Waals surface area (Å²) < 4.78 is 0. The molecule has 5 heteroatoms.